The highest BCUT2D eigenvalue weighted by Gasteiger charge is 2.40. The fourth-order valence-corrected chi connectivity index (χ4v) is 1.19. The van der Waals surface area contributed by atoms with Gasteiger partial charge in [-0.15, -0.1) is 0 Å². The molecule has 0 amide bonds. The van der Waals surface area contributed by atoms with E-state index in [4.69, 9.17) is 4.74 Å². The van der Waals surface area contributed by atoms with Gasteiger partial charge in [-0.1, -0.05) is 13.8 Å². The van der Waals surface area contributed by atoms with Gasteiger partial charge in [-0.3, -0.25) is 0 Å². The molecule has 1 fully saturated rings. The summed E-state index contributed by atoms with van der Waals surface area (Å²) in [6, 6.07) is 0. The lowest BCUT2D eigenvalue weighted by molar-refractivity contribution is -0.131. The van der Waals surface area contributed by atoms with Gasteiger partial charge in [0.15, 0.2) is 5.60 Å². The van der Waals surface area contributed by atoms with Crippen LogP contribution in [0.25, 0.3) is 0 Å². The number of aliphatic hydroxyl groups is 1. The Hall–Kier alpha value is -0.260. The van der Waals surface area contributed by atoms with Gasteiger partial charge in [-0.25, -0.2) is 8.78 Å². The molecule has 0 aliphatic carbocycles. The summed E-state index contributed by atoms with van der Waals surface area (Å²) in [5.41, 5.74) is -1.99. The molecule has 1 rings (SSSR count). The summed E-state index contributed by atoms with van der Waals surface area (Å²) in [4.78, 5) is 1.64. The highest BCUT2D eigenvalue weighted by Crippen LogP contribution is 2.19. The van der Waals surface area contributed by atoms with Crippen molar-refractivity contribution < 1.29 is 18.6 Å². The molecule has 1 N–H and O–H groups in total. The van der Waals surface area contributed by atoms with Crippen LogP contribution in [0.15, 0.2) is 0 Å². The fraction of sp³-hybridized carbons (Fsp3) is 1.00. The van der Waals surface area contributed by atoms with Gasteiger partial charge in [-0.05, 0) is 7.05 Å². The van der Waals surface area contributed by atoms with Crippen LogP contribution in [0.5, 0.6) is 0 Å². The van der Waals surface area contributed by atoms with Crippen LogP contribution >= 0.6 is 0 Å². The van der Waals surface area contributed by atoms with Crippen LogP contribution in [0, 0.1) is 0 Å². The third kappa shape index (κ3) is 3.86. The van der Waals surface area contributed by atoms with E-state index in [0.717, 1.165) is 0 Å². The molecule has 1 heterocycles. The molecule has 3 nitrogen and oxygen atoms in total. The third-order valence-corrected chi connectivity index (χ3v) is 1.92. The van der Waals surface area contributed by atoms with E-state index in [1.807, 2.05) is 13.8 Å². The summed E-state index contributed by atoms with van der Waals surface area (Å²) in [7, 11) is 1.68. The maximum Gasteiger partial charge on any atom is 0.270 e. The summed E-state index contributed by atoms with van der Waals surface area (Å²) in [5, 5.41) is 9.38. The molecule has 0 radical (unpaired) electrons. The van der Waals surface area contributed by atoms with Crippen LogP contribution in [0.1, 0.15) is 13.8 Å². The first-order chi connectivity index (χ1) is 6.54. The van der Waals surface area contributed by atoms with E-state index in [1.54, 1.807) is 11.9 Å². The van der Waals surface area contributed by atoms with Gasteiger partial charge in [0.2, 0.25) is 0 Å². The predicted octanol–water partition coefficient (Wildman–Crippen LogP) is 0.971. The van der Waals surface area contributed by atoms with E-state index in [2.05, 4.69) is 0 Å². The number of ether oxygens (including phenoxy) is 1. The van der Waals surface area contributed by atoms with Crippen LogP contribution in [0.2, 0.25) is 0 Å². The molecule has 1 saturated heterocycles. The zero-order valence-corrected chi connectivity index (χ0v) is 8.96. The van der Waals surface area contributed by atoms with Crippen LogP contribution < -0.4 is 0 Å². The van der Waals surface area contributed by atoms with Gasteiger partial charge in [0.1, 0.15) is 0 Å². The van der Waals surface area contributed by atoms with Crippen molar-refractivity contribution in [1.82, 2.24) is 4.90 Å². The quantitative estimate of drug-likeness (QED) is 0.701. The molecule has 0 aromatic heterocycles. The first-order valence-corrected chi connectivity index (χ1v) is 4.81. The zero-order valence-electron chi connectivity index (χ0n) is 8.96. The molecular formula is C9H19F2NO2. The lowest BCUT2D eigenvalue weighted by atomic mass is 10.1. The minimum absolute atomic E-state index is 0.0370. The molecule has 0 aromatic rings. The topological polar surface area (TPSA) is 32.7 Å². The molecule has 0 spiro atoms. The average molecular weight is 211 g/mol. The molecule has 14 heavy (non-hydrogen) atoms. The maximum atomic E-state index is 12.3. The highest BCUT2D eigenvalue weighted by atomic mass is 19.3. The highest BCUT2D eigenvalue weighted by molar-refractivity contribution is 4.85. The van der Waals surface area contributed by atoms with Crippen molar-refractivity contribution in [2.75, 3.05) is 33.4 Å². The molecule has 0 saturated carbocycles. The molecule has 1 atom stereocenters. The molecular weight excluding hydrogens is 192 g/mol. The van der Waals surface area contributed by atoms with Crippen LogP contribution in [-0.4, -0.2) is 55.4 Å². The van der Waals surface area contributed by atoms with Crippen molar-refractivity contribution in [1.29, 1.82) is 0 Å². The smallest absolute Gasteiger partial charge is 0.270 e. The summed E-state index contributed by atoms with van der Waals surface area (Å²) in [6.07, 6.45) is -2.75. The van der Waals surface area contributed by atoms with E-state index in [1.165, 1.54) is 0 Å². The molecule has 0 aromatic carbocycles. The number of β-amino-alcohol motifs (C(OH)–C–C–N with tert-alkyl or cyclic N) is 1. The maximum absolute atomic E-state index is 12.3. The molecule has 86 valence electrons. The number of likely N-dealkylation sites (N-methyl/N-ethyl adjacent to an activating group) is 1. The lowest BCUT2D eigenvalue weighted by Gasteiger charge is -2.27. The zero-order chi connectivity index (χ0) is 11.2. The Morgan fingerprint density at radius 3 is 2.50 bits per heavy atom. The molecule has 1 aliphatic heterocycles. The summed E-state index contributed by atoms with van der Waals surface area (Å²) in [6.45, 7) is 4.65. The number of hydrogen-bond acceptors (Lipinski definition) is 3. The minimum atomic E-state index is -2.75. The van der Waals surface area contributed by atoms with Crippen molar-refractivity contribution >= 4 is 0 Å². The van der Waals surface area contributed by atoms with E-state index in [-0.39, 0.29) is 13.2 Å². The summed E-state index contributed by atoms with van der Waals surface area (Å²) in [5.74, 6) is 0. The Kier molecular flexibility index (Phi) is 6.15. The average Bonchev–Trinajstić information content (AvgIpc) is 2.31. The van der Waals surface area contributed by atoms with E-state index in [9.17, 15) is 13.9 Å². The monoisotopic (exact) mass is 211 g/mol. The summed E-state index contributed by atoms with van der Waals surface area (Å²) >= 11 is 0. The van der Waals surface area contributed by atoms with Crippen LogP contribution in [0.4, 0.5) is 8.78 Å². The Balaban J connectivity index is 0.000000791. The Morgan fingerprint density at radius 1 is 1.43 bits per heavy atom. The number of nitrogens with zero attached hydrogens (tertiary/aromatic N) is 1. The fourth-order valence-electron chi connectivity index (χ4n) is 1.19. The number of halogens is 2. The Morgan fingerprint density at radius 2 is 2.00 bits per heavy atom. The Bertz CT molecular complexity index is 158. The number of alkyl halides is 2. The van der Waals surface area contributed by atoms with Crippen LogP contribution in [-0.2, 0) is 4.74 Å². The van der Waals surface area contributed by atoms with Crippen molar-refractivity contribution in [2.24, 2.45) is 0 Å². The van der Waals surface area contributed by atoms with Crippen molar-refractivity contribution in [3.8, 4) is 0 Å². The van der Waals surface area contributed by atoms with Gasteiger partial charge in [0.05, 0.1) is 13.2 Å². The standard InChI is InChI=1S/C7H13F2NO2.C2H6/c1-10-2-3-12-5-7(11,4-10)6(8)9;1-2/h6,11H,2-5H2,1H3;1-2H3. The van der Waals surface area contributed by atoms with Gasteiger partial charge >= 0.3 is 0 Å². The second-order valence-corrected chi connectivity index (χ2v) is 3.19. The van der Waals surface area contributed by atoms with Gasteiger partial charge in [0, 0.05) is 13.1 Å². The molecule has 5 heteroatoms. The van der Waals surface area contributed by atoms with Gasteiger partial charge in [-0.2, -0.15) is 0 Å². The molecule has 1 aliphatic rings. The minimum Gasteiger partial charge on any atom is -0.380 e. The first-order valence-electron chi connectivity index (χ1n) is 4.81. The summed E-state index contributed by atoms with van der Waals surface area (Å²) < 4.78 is 29.5. The van der Waals surface area contributed by atoms with Crippen molar-refractivity contribution in [2.45, 2.75) is 25.9 Å². The van der Waals surface area contributed by atoms with Crippen LogP contribution in [0.3, 0.4) is 0 Å². The van der Waals surface area contributed by atoms with Crippen molar-refractivity contribution in [3.63, 3.8) is 0 Å². The largest absolute Gasteiger partial charge is 0.380 e. The normalized spacial score (nSPS) is 29.4. The second kappa shape index (κ2) is 6.27. The predicted molar refractivity (Wildman–Crippen MR) is 50.6 cm³/mol. The van der Waals surface area contributed by atoms with E-state index >= 15 is 0 Å². The third-order valence-electron chi connectivity index (χ3n) is 1.92. The first kappa shape index (κ1) is 13.7. The number of hydrogen-bond donors (Lipinski definition) is 1. The molecule has 0 bridgehead atoms. The Labute approximate surface area is 83.7 Å². The van der Waals surface area contributed by atoms with E-state index in [0.29, 0.717) is 13.2 Å². The molecule has 1 unspecified atom stereocenters. The second-order valence-electron chi connectivity index (χ2n) is 3.19. The van der Waals surface area contributed by atoms with Crippen molar-refractivity contribution in [3.05, 3.63) is 0 Å². The number of rotatable bonds is 1. The van der Waals surface area contributed by atoms with Gasteiger partial charge < -0.3 is 14.7 Å². The van der Waals surface area contributed by atoms with E-state index < -0.39 is 12.0 Å². The van der Waals surface area contributed by atoms with Gasteiger partial charge in [0.25, 0.3) is 6.43 Å². The lowest BCUT2D eigenvalue weighted by Crippen LogP contribution is -2.48. The SMILES string of the molecule is CC.CN1CCOCC(O)(C(F)F)C1.